The first kappa shape index (κ1) is 12.6. The Labute approximate surface area is 116 Å². The third kappa shape index (κ3) is 2.22. The number of carbonyl (C=O) groups excluding carboxylic acids is 2. The topological polar surface area (TPSA) is 72.2 Å². The smallest absolute Gasteiger partial charge is 0.258 e. The van der Waals surface area contributed by atoms with Crippen LogP contribution in [0.3, 0.4) is 0 Å². The van der Waals surface area contributed by atoms with Crippen molar-refractivity contribution in [1.82, 2.24) is 5.16 Å². The SMILES string of the molecule is CC(=O)c1ccc(C(=O)Nc2onc3c2CCC3)cc1. The summed E-state index contributed by atoms with van der Waals surface area (Å²) in [4.78, 5) is 23.3. The van der Waals surface area contributed by atoms with Crippen molar-refractivity contribution >= 4 is 17.6 Å². The van der Waals surface area contributed by atoms with Crippen LogP contribution in [0.4, 0.5) is 5.88 Å². The fraction of sp³-hybridized carbons (Fsp3) is 0.267. The number of fused-ring (bicyclic) bond motifs is 1. The lowest BCUT2D eigenvalue weighted by atomic mass is 10.1. The second kappa shape index (κ2) is 4.92. The number of aryl methyl sites for hydroxylation is 1. The van der Waals surface area contributed by atoms with Gasteiger partial charge in [0.1, 0.15) is 0 Å². The van der Waals surface area contributed by atoms with Gasteiger partial charge in [0.2, 0.25) is 5.88 Å². The number of hydrogen-bond donors (Lipinski definition) is 1. The van der Waals surface area contributed by atoms with Crippen molar-refractivity contribution in [3.8, 4) is 0 Å². The molecule has 1 aromatic heterocycles. The van der Waals surface area contributed by atoms with E-state index in [0.717, 1.165) is 30.5 Å². The molecule has 0 saturated heterocycles. The maximum atomic E-state index is 12.1. The van der Waals surface area contributed by atoms with E-state index in [1.54, 1.807) is 24.3 Å². The molecule has 1 aromatic carbocycles. The van der Waals surface area contributed by atoms with Gasteiger partial charge in [-0.1, -0.05) is 17.3 Å². The van der Waals surface area contributed by atoms with Crippen LogP contribution in [0, 0.1) is 0 Å². The van der Waals surface area contributed by atoms with Crippen LogP contribution < -0.4 is 5.32 Å². The van der Waals surface area contributed by atoms with Gasteiger partial charge < -0.3 is 4.52 Å². The molecule has 1 aliphatic rings. The Morgan fingerprint density at radius 3 is 2.55 bits per heavy atom. The molecule has 0 aliphatic heterocycles. The molecule has 0 saturated carbocycles. The summed E-state index contributed by atoms with van der Waals surface area (Å²) in [6, 6.07) is 6.54. The second-order valence-electron chi connectivity index (χ2n) is 4.88. The summed E-state index contributed by atoms with van der Waals surface area (Å²) in [5.74, 6) is 0.161. The van der Waals surface area contributed by atoms with Gasteiger partial charge in [0.25, 0.3) is 5.91 Å². The fourth-order valence-corrected chi connectivity index (χ4v) is 2.36. The third-order valence-corrected chi connectivity index (χ3v) is 3.49. The number of ketones is 1. The molecule has 0 fully saturated rings. The van der Waals surface area contributed by atoms with Crippen molar-refractivity contribution in [2.75, 3.05) is 5.32 Å². The Bertz CT molecular complexity index is 671. The van der Waals surface area contributed by atoms with Gasteiger partial charge >= 0.3 is 0 Å². The molecular formula is C15H14N2O3. The van der Waals surface area contributed by atoms with Crippen LogP contribution in [0.15, 0.2) is 28.8 Å². The van der Waals surface area contributed by atoms with Crippen molar-refractivity contribution in [1.29, 1.82) is 0 Å². The van der Waals surface area contributed by atoms with Crippen molar-refractivity contribution in [3.63, 3.8) is 0 Å². The average molecular weight is 270 g/mol. The van der Waals surface area contributed by atoms with Gasteiger partial charge in [-0.2, -0.15) is 0 Å². The number of amides is 1. The van der Waals surface area contributed by atoms with Gasteiger partial charge in [0, 0.05) is 16.7 Å². The maximum absolute atomic E-state index is 12.1. The molecule has 5 heteroatoms. The molecule has 0 bridgehead atoms. The summed E-state index contributed by atoms with van der Waals surface area (Å²) < 4.78 is 5.16. The van der Waals surface area contributed by atoms with Crippen molar-refractivity contribution in [2.24, 2.45) is 0 Å². The zero-order valence-corrected chi connectivity index (χ0v) is 11.1. The van der Waals surface area contributed by atoms with Crippen molar-refractivity contribution in [2.45, 2.75) is 26.2 Å². The molecule has 3 rings (SSSR count). The first-order valence-corrected chi connectivity index (χ1v) is 6.55. The van der Waals surface area contributed by atoms with Gasteiger partial charge in [-0.25, -0.2) is 0 Å². The van der Waals surface area contributed by atoms with E-state index in [1.165, 1.54) is 6.92 Å². The van der Waals surface area contributed by atoms with E-state index in [9.17, 15) is 9.59 Å². The van der Waals surface area contributed by atoms with E-state index < -0.39 is 0 Å². The standard InChI is InChI=1S/C15H14N2O3/c1-9(18)10-5-7-11(8-6-10)14(19)16-15-12-3-2-4-13(12)17-20-15/h5-8H,2-4H2,1H3,(H,16,19). The Balaban J connectivity index is 1.77. The number of nitrogens with one attached hydrogen (secondary N) is 1. The lowest BCUT2D eigenvalue weighted by molar-refractivity contribution is 0.100. The number of hydrogen-bond acceptors (Lipinski definition) is 4. The highest BCUT2D eigenvalue weighted by Gasteiger charge is 2.22. The number of rotatable bonds is 3. The molecule has 0 atom stereocenters. The number of anilines is 1. The summed E-state index contributed by atoms with van der Waals surface area (Å²) in [6.07, 6.45) is 2.84. The summed E-state index contributed by atoms with van der Waals surface area (Å²) in [5, 5.41) is 6.68. The Morgan fingerprint density at radius 1 is 1.15 bits per heavy atom. The molecule has 0 spiro atoms. The minimum atomic E-state index is -0.258. The zero-order valence-electron chi connectivity index (χ0n) is 11.1. The molecule has 5 nitrogen and oxygen atoms in total. The number of aromatic nitrogens is 1. The van der Waals surface area contributed by atoms with Crippen LogP contribution in [-0.4, -0.2) is 16.8 Å². The second-order valence-corrected chi connectivity index (χ2v) is 4.88. The lowest BCUT2D eigenvalue weighted by Crippen LogP contribution is -2.12. The molecule has 0 radical (unpaired) electrons. The fourth-order valence-electron chi connectivity index (χ4n) is 2.36. The minimum absolute atomic E-state index is 0.0231. The highest BCUT2D eigenvalue weighted by atomic mass is 16.5. The maximum Gasteiger partial charge on any atom is 0.258 e. The molecule has 1 aliphatic carbocycles. The Hall–Kier alpha value is -2.43. The van der Waals surface area contributed by atoms with E-state index in [1.807, 2.05) is 0 Å². The summed E-state index contributed by atoms with van der Waals surface area (Å²) in [6.45, 7) is 1.49. The summed E-state index contributed by atoms with van der Waals surface area (Å²) in [7, 11) is 0. The first-order chi connectivity index (χ1) is 9.65. The van der Waals surface area contributed by atoms with E-state index in [-0.39, 0.29) is 11.7 Å². The third-order valence-electron chi connectivity index (χ3n) is 3.49. The quantitative estimate of drug-likeness (QED) is 0.870. The number of nitrogens with zero attached hydrogens (tertiary/aromatic N) is 1. The van der Waals surface area contributed by atoms with Crippen LogP contribution >= 0.6 is 0 Å². The Kier molecular flexibility index (Phi) is 3.10. The normalized spacial score (nSPS) is 13.1. The zero-order chi connectivity index (χ0) is 14.1. The number of benzene rings is 1. The van der Waals surface area contributed by atoms with Crippen LogP contribution in [0.25, 0.3) is 0 Å². The lowest BCUT2D eigenvalue weighted by Gasteiger charge is -2.03. The highest BCUT2D eigenvalue weighted by Crippen LogP contribution is 2.28. The van der Waals surface area contributed by atoms with Gasteiger partial charge in [0.05, 0.1) is 5.69 Å². The first-order valence-electron chi connectivity index (χ1n) is 6.55. The highest BCUT2D eigenvalue weighted by molar-refractivity contribution is 6.04. The van der Waals surface area contributed by atoms with Crippen LogP contribution in [0.2, 0.25) is 0 Å². The van der Waals surface area contributed by atoms with Crippen LogP contribution in [-0.2, 0) is 12.8 Å². The van der Waals surface area contributed by atoms with Crippen molar-refractivity contribution < 1.29 is 14.1 Å². The molecule has 20 heavy (non-hydrogen) atoms. The van der Waals surface area contributed by atoms with Crippen LogP contribution in [0.1, 0.15) is 45.3 Å². The van der Waals surface area contributed by atoms with Crippen LogP contribution in [0.5, 0.6) is 0 Å². The van der Waals surface area contributed by atoms with E-state index in [0.29, 0.717) is 17.0 Å². The molecule has 1 amide bonds. The molecule has 0 unspecified atom stereocenters. The van der Waals surface area contributed by atoms with Gasteiger partial charge in [-0.15, -0.1) is 0 Å². The molecule has 1 N–H and O–H groups in total. The largest absolute Gasteiger partial charge is 0.338 e. The predicted molar refractivity (Wildman–Crippen MR) is 72.9 cm³/mol. The average Bonchev–Trinajstić information content (AvgIpc) is 3.04. The van der Waals surface area contributed by atoms with E-state index in [2.05, 4.69) is 10.5 Å². The molecule has 2 aromatic rings. The minimum Gasteiger partial charge on any atom is -0.338 e. The molecular weight excluding hydrogens is 256 g/mol. The summed E-state index contributed by atoms with van der Waals surface area (Å²) >= 11 is 0. The van der Waals surface area contributed by atoms with Gasteiger partial charge in [-0.3, -0.25) is 14.9 Å². The monoisotopic (exact) mass is 270 g/mol. The predicted octanol–water partition coefficient (Wildman–Crippen LogP) is 2.62. The summed E-state index contributed by atoms with van der Waals surface area (Å²) in [5.41, 5.74) is 3.01. The van der Waals surface area contributed by atoms with E-state index >= 15 is 0 Å². The van der Waals surface area contributed by atoms with Crippen molar-refractivity contribution in [3.05, 3.63) is 46.6 Å². The van der Waals surface area contributed by atoms with E-state index in [4.69, 9.17) is 4.52 Å². The Morgan fingerprint density at radius 2 is 1.85 bits per heavy atom. The number of carbonyl (C=O) groups is 2. The van der Waals surface area contributed by atoms with Gasteiger partial charge in [-0.05, 0) is 38.3 Å². The van der Waals surface area contributed by atoms with Gasteiger partial charge in [0.15, 0.2) is 5.78 Å². The molecule has 1 heterocycles. The number of Topliss-reactive ketones (excluding diaryl/α,β-unsaturated/α-hetero) is 1. The molecule has 102 valence electrons.